The van der Waals surface area contributed by atoms with Crippen LogP contribution in [-0.2, 0) is 0 Å². The fourth-order valence-corrected chi connectivity index (χ4v) is 1.40. The SMILES string of the molecule is CCC(C#N)C(=O)c1cccc(F)c1C. The van der Waals surface area contributed by atoms with E-state index in [1.165, 1.54) is 12.1 Å². The van der Waals surface area contributed by atoms with Crippen LogP contribution in [0.1, 0.15) is 29.3 Å². The van der Waals surface area contributed by atoms with Crippen LogP contribution in [0.5, 0.6) is 0 Å². The molecule has 0 heterocycles. The van der Waals surface area contributed by atoms with E-state index in [9.17, 15) is 9.18 Å². The van der Waals surface area contributed by atoms with Crippen molar-refractivity contribution in [3.8, 4) is 6.07 Å². The summed E-state index contributed by atoms with van der Waals surface area (Å²) in [6.07, 6.45) is 0.450. The van der Waals surface area contributed by atoms with Crippen molar-refractivity contribution in [2.24, 2.45) is 5.92 Å². The zero-order chi connectivity index (χ0) is 11.4. The number of carbonyl (C=O) groups is 1. The van der Waals surface area contributed by atoms with Crippen molar-refractivity contribution in [2.45, 2.75) is 20.3 Å². The Morgan fingerprint density at radius 1 is 1.60 bits per heavy atom. The molecular weight excluding hydrogens is 193 g/mol. The predicted molar refractivity (Wildman–Crippen MR) is 54.9 cm³/mol. The minimum Gasteiger partial charge on any atom is -0.293 e. The van der Waals surface area contributed by atoms with Crippen LogP contribution in [-0.4, -0.2) is 5.78 Å². The first-order valence-corrected chi connectivity index (χ1v) is 4.80. The van der Waals surface area contributed by atoms with Crippen LogP contribution < -0.4 is 0 Å². The Bertz CT molecular complexity index is 420. The molecule has 0 N–H and O–H groups in total. The summed E-state index contributed by atoms with van der Waals surface area (Å²) >= 11 is 0. The Morgan fingerprint density at radius 2 is 2.27 bits per heavy atom. The second-order valence-corrected chi connectivity index (χ2v) is 3.37. The largest absolute Gasteiger partial charge is 0.293 e. The lowest BCUT2D eigenvalue weighted by Gasteiger charge is -2.08. The smallest absolute Gasteiger partial charge is 0.180 e. The molecule has 0 fully saturated rings. The fraction of sp³-hybridized carbons (Fsp3) is 0.333. The number of nitrogens with zero attached hydrogens (tertiary/aromatic N) is 1. The number of hydrogen-bond acceptors (Lipinski definition) is 2. The topological polar surface area (TPSA) is 40.9 Å². The second-order valence-electron chi connectivity index (χ2n) is 3.37. The average molecular weight is 205 g/mol. The standard InChI is InChI=1S/C12H12FNO/c1-3-9(7-14)12(15)10-5-4-6-11(13)8(10)2/h4-6,9H,3H2,1-2H3. The van der Waals surface area contributed by atoms with Crippen molar-refractivity contribution < 1.29 is 9.18 Å². The molecule has 1 aromatic carbocycles. The molecule has 0 aliphatic carbocycles. The third kappa shape index (κ3) is 2.21. The van der Waals surface area contributed by atoms with Crippen LogP contribution in [0.3, 0.4) is 0 Å². The Labute approximate surface area is 88.3 Å². The third-order valence-electron chi connectivity index (χ3n) is 2.41. The highest BCUT2D eigenvalue weighted by Gasteiger charge is 2.20. The molecule has 0 bridgehead atoms. The van der Waals surface area contributed by atoms with Gasteiger partial charge in [0.2, 0.25) is 0 Å². The van der Waals surface area contributed by atoms with Gasteiger partial charge < -0.3 is 0 Å². The van der Waals surface area contributed by atoms with Gasteiger partial charge in [0.05, 0.1) is 6.07 Å². The van der Waals surface area contributed by atoms with Crippen molar-refractivity contribution >= 4 is 5.78 Å². The molecule has 0 radical (unpaired) electrons. The summed E-state index contributed by atoms with van der Waals surface area (Å²) in [7, 11) is 0. The highest BCUT2D eigenvalue weighted by Crippen LogP contribution is 2.17. The Morgan fingerprint density at radius 3 is 2.80 bits per heavy atom. The first-order valence-electron chi connectivity index (χ1n) is 4.80. The maximum Gasteiger partial charge on any atom is 0.180 e. The van der Waals surface area contributed by atoms with Gasteiger partial charge in [0, 0.05) is 5.56 Å². The lowest BCUT2D eigenvalue weighted by molar-refractivity contribution is 0.0945. The minimum atomic E-state index is -0.675. The molecule has 1 atom stereocenters. The molecule has 15 heavy (non-hydrogen) atoms. The molecule has 0 aliphatic heterocycles. The van der Waals surface area contributed by atoms with Gasteiger partial charge in [-0.2, -0.15) is 5.26 Å². The second kappa shape index (κ2) is 4.70. The number of hydrogen-bond donors (Lipinski definition) is 0. The van der Waals surface area contributed by atoms with Crippen molar-refractivity contribution in [3.05, 3.63) is 35.1 Å². The molecule has 0 aliphatic rings. The zero-order valence-electron chi connectivity index (χ0n) is 8.75. The molecule has 1 unspecified atom stereocenters. The van der Waals surface area contributed by atoms with E-state index in [4.69, 9.17) is 5.26 Å². The van der Waals surface area contributed by atoms with Crippen molar-refractivity contribution in [1.29, 1.82) is 5.26 Å². The van der Waals surface area contributed by atoms with E-state index in [-0.39, 0.29) is 5.78 Å². The molecule has 3 heteroatoms. The van der Waals surface area contributed by atoms with E-state index in [1.54, 1.807) is 19.9 Å². The molecule has 0 saturated heterocycles. The van der Waals surface area contributed by atoms with E-state index in [1.807, 2.05) is 6.07 Å². The van der Waals surface area contributed by atoms with Crippen LogP contribution in [0.15, 0.2) is 18.2 Å². The van der Waals surface area contributed by atoms with Crippen LogP contribution in [0.25, 0.3) is 0 Å². The highest BCUT2D eigenvalue weighted by atomic mass is 19.1. The van der Waals surface area contributed by atoms with E-state index < -0.39 is 11.7 Å². The van der Waals surface area contributed by atoms with Gasteiger partial charge >= 0.3 is 0 Å². The first kappa shape index (κ1) is 11.4. The summed E-state index contributed by atoms with van der Waals surface area (Å²) in [4.78, 5) is 11.8. The van der Waals surface area contributed by atoms with Crippen LogP contribution in [0.2, 0.25) is 0 Å². The van der Waals surface area contributed by atoms with Gasteiger partial charge in [-0.15, -0.1) is 0 Å². The van der Waals surface area contributed by atoms with Crippen molar-refractivity contribution in [3.63, 3.8) is 0 Å². The lowest BCUT2D eigenvalue weighted by atomic mass is 9.93. The van der Waals surface area contributed by atoms with Crippen molar-refractivity contribution in [2.75, 3.05) is 0 Å². The number of benzene rings is 1. The molecule has 1 rings (SSSR count). The Kier molecular flexibility index (Phi) is 3.56. The van der Waals surface area contributed by atoms with E-state index in [0.29, 0.717) is 17.5 Å². The third-order valence-corrected chi connectivity index (χ3v) is 2.41. The van der Waals surface area contributed by atoms with E-state index >= 15 is 0 Å². The molecule has 0 saturated carbocycles. The number of carbonyl (C=O) groups excluding carboxylic acids is 1. The summed E-state index contributed by atoms with van der Waals surface area (Å²) in [5.74, 6) is -1.38. The molecular formula is C12H12FNO. The molecule has 78 valence electrons. The van der Waals surface area contributed by atoms with Crippen LogP contribution >= 0.6 is 0 Å². The van der Waals surface area contributed by atoms with Crippen LogP contribution in [0, 0.1) is 30.0 Å². The number of nitriles is 1. The normalized spacial score (nSPS) is 11.9. The molecule has 2 nitrogen and oxygen atoms in total. The summed E-state index contributed by atoms with van der Waals surface area (Å²) in [6, 6.07) is 6.27. The Balaban J connectivity index is 3.13. The summed E-state index contributed by atoms with van der Waals surface area (Å²) < 4.78 is 13.2. The molecule has 0 spiro atoms. The molecule has 1 aromatic rings. The molecule has 0 amide bonds. The maximum atomic E-state index is 13.2. The average Bonchev–Trinajstić information content (AvgIpc) is 2.23. The van der Waals surface area contributed by atoms with Gasteiger partial charge in [0.1, 0.15) is 11.7 Å². The van der Waals surface area contributed by atoms with Gasteiger partial charge in [0.15, 0.2) is 5.78 Å². The summed E-state index contributed by atoms with van der Waals surface area (Å²) in [5.41, 5.74) is 0.625. The zero-order valence-corrected chi connectivity index (χ0v) is 8.75. The predicted octanol–water partition coefficient (Wildman–Crippen LogP) is 2.87. The van der Waals surface area contributed by atoms with Gasteiger partial charge in [-0.05, 0) is 25.0 Å². The lowest BCUT2D eigenvalue weighted by Crippen LogP contribution is -2.13. The van der Waals surface area contributed by atoms with Gasteiger partial charge in [-0.3, -0.25) is 4.79 Å². The maximum absolute atomic E-state index is 13.2. The summed E-state index contributed by atoms with van der Waals surface area (Å²) in [6.45, 7) is 3.31. The number of halogens is 1. The number of Topliss-reactive ketones (excluding diaryl/α,β-unsaturated/α-hetero) is 1. The molecule has 0 aromatic heterocycles. The number of ketones is 1. The minimum absolute atomic E-state index is 0.294. The number of rotatable bonds is 3. The Hall–Kier alpha value is -1.69. The van der Waals surface area contributed by atoms with E-state index in [2.05, 4.69) is 0 Å². The fourth-order valence-electron chi connectivity index (χ4n) is 1.40. The quantitative estimate of drug-likeness (QED) is 0.712. The monoisotopic (exact) mass is 205 g/mol. The van der Waals surface area contributed by atoms with Crippen LogP contribution in [0.4, 0.5) is 4.39 Å². The van der Waals surface area contributed by atoms with Gasteiger partial charge in [-0.25, -0.2) is 4.39 Å². The van der Waals surface area contributed by atoms with Gasteiger partial charge in [-0.1, -0.05) is 19.1 Å². The van der Waals surface area contributed by atoms with Gasteiger partial charge in [0.25, 0.3) is 0 Å². The van der Waals surface area contributed by atoms with E-state index in [0.717, 1.165) is 0 Å². The highest BCUT2D eigenvalue weighted by molar-refractivity contribution is 6.00. The van der Waals surface area contributed by atoms with Crippen molar-refractivity contribution in [1.82, 2.24) is 0 Å². The first-order chi connectivity index (χ1) is 7.11. The summed E-state index contributed by atoms with van der Waals surface area (Å²) in [5, 5.41) is 8.75.